The largest absolute Gasteiger partial charge is 0.274 e. The van der Waals surface area contributed by atoms with Crippen LogP contribution >= 0.6 is 0 Å². The van der Waals surface area contributed by atoms with Gasteiger partial charge in [-0.3, -0.25) is 14.5 Å². The molecule has 1 fully saturated rings. The average Bonchev–Trinajstić information content (AvgIpc) is 2.59. The van der Waals surface area contributed by atoms with Crippen LogP contribution in [0.4, 0.5) is 0 Å². The lowest BCUT2D eigenvalue weighted by Crippen LogP contribution is -2.28. The molecule has 0 N–H and O–H groups in total. The van der Waals surface area contributed by atoms with Gasteiger partial charge in [0.25, 0.3) is 0 Å². The average molecular weight is 239 g/mol. The second kappa shape index (κ2) is 4.05. The van der Waals surface area contributed by atoms with Crippen LogP contribution in [0.2, 0.25) is 0 Å². The van der Waals surface area contributed by atoms with Gasteiger partial charge in [0.15, 0.2) is 0 Å². The Morgan fingerprint density at radius 3 is 2.12 bits per heavy atom. The maximum absolute atomic E-state index is 11.4. The molecule has 0 spiro atoms. The second-order valence-corrected chi connectivity index (χ2v) is 4.48. The van der Waals surface area contributed by atoms with E-state index < -0.39 is 10.3 Å². The maximum atomic E-state index is 11.4. The molecule has 1 heterocycles. The summed E-state index contributed by atoms with van der Waals surface area (Å²) < 4.78 is 21.3. The van der Waals surface area contributed by atoms with Gasteiger partial charge in [-0.1, -0.05) is 6.08 Å². The van der Waals surface area contributed by atoms with Gasteiger partial charge in [0.1, 0.15) is 0 Å². The van der Waals surface area contributed by atoms with Crippen LogP contribution in [0.3, 0.4) is 0 Å². The Kier molecular flexibility index (Phi) is 2.74. The number of hydrogen-bond acceptors (Lipinski definition) is 4. The Labute approximate surface area is 93.6 Å². The van der Waals surface area contributed by atoms with Gasteiger partial charge in [-0.2, -0.15) is 8.42 Å². The van der Waals surface area contributed by atoms with E-state index in [4.69, 9.17) is 0 Å². The van der Waals surface area contributed by atoms with Gasteiger partial charge >= 0.3 is 0 Å². The minimum absolute atomic E-state index is 0.221. The first-order chi connectivity index (χ1) is 7.59. The van der Waals surface area contributed by atoms with Gasteiger partial charge in [0.05, 0.1) is 4.86 Å². The number of carbonyl (C=O) groups excluding carboxylic acids is 2. The summed E-state index contributed by atoms with van der Waals surface area (Å²) in [6, 6.07) is 0. The van der Waals surface area contributed by atoms with Gasteiger partial charge in [0.2, 0.25) is 22.1 Å². The molecule has 5 nitrogen and oxygen atoms in total. The van der Waals surface area contributed by atoms with Crippen molar-refractivity contribution >= 4 is 27.0 Å². The van der Waals surface area contributed by atoms with Gasteiger partial charge in [-0.05, 0) is 12.2 Å². The van der Waals surface area contributed by atoms with Crippen molar-refractivity contribution < 1.29 is 18.0 Å². The summed E-state index contributed by atoms with van der Waals surface area (Å²) in [7, 11) is -2.24. The van der Waals surface area contributed by atoms with E-state index in [2.05, 4.69) is 0 Å². The molecule has 6 heteroatoms. The quantitative estimate of drug-likeness (QED) is 0.478. The van der Waals surface area contributed by atoms with E-state index in [0.717, 1.165) is 4.90 Å². The molecule has 0 atom stereocenters. The highest BCUT2D eigenvalue weighted by atomic mass is 32.2. The molecule has 84 valence electrons. The molecular weight excluding hydrogens is 230 g/mol. The zero-order valence-corrected chi connectivity index (χ0v) is 9.16. The van der Waals surface area contributed by atoms with E-state index in [1.807, 2.05) is 0 Å². The number of nitrogens with zero attached hydrogens (tertiary/aromatic N) is 1. The van der Waals surface area contributed by atoms with Crippen molar-refractivity contribution in [3.05, 3.63) is 23.9 Å². The maximum Gasteiger partial charge on any atom is 0.234 e. The van der Waals surface area contributed by atoms with E-state index >= 15 is 0 Å². The molecule has 0 aromatic heterocycles. The van der Waals surface area contributed by atoms with Crippen LogP contribution in [0.25, 0.3) is 0 Å². The zero-order valence-electron chi connectivity index (χ0n) is 8.34. The van der Waals surface area contributed by atoms with E-state index in [0.29, 0.717) is 5.70 Å². The van der Waals surface area contributed by atoms with E-state index in [1.165, 1.54) is 12.2 Å². The summed E-state index contributed by atoms with van der Waals surface area (Å²) in [6.45, 7) is 0. The number of hydrogen-bond donors (Lipinski definition) is 0. The van der Waals surface area contributed by atoms with Gasteiger partial charge in [-0.15, -0.1) is 0 Å². The number of carbonyl (C=O) groups is 2. The van der Waals surface area contributed by atoms with Crippen LogP contribution in [-0.2, 0) is 19.9 Å². The standard InChI is InChI=1S/C10H9NO4S/c12-9-5-6-10(13)11(9)7-1-3-8(4-2-7)16(14)15/h1-3H,4-6H2. The molecule has 1 saturated heterocycles. The highest BCUT2D eigenvalue weighted by Crippen LogP contribution is 2.21. The van der Waals surface area contributed by atoms with Gasteiger partial charge < -0.3 is 0 Å². The summed E-state index contributed by atoms with van der Waals surface area (Å²) in [4.78, 5) is 24.2. The van der Waals surface area contributed by atoms with Gasteiger partial charge in [0, 0.05) is 25.0 Å². The molecule has 0 radical (unpaired) electrons. The predicted octanol–water partition coefficient (Wildman–Crippen LogP) is 0.0307. The third-order valence-electron chi connectivity index (χ3n) is 2.48. The molecule has 2 rings (SSSR count). The Hall–Kier alpha value is -1.69. The molecule has 2 amide bonds. The molecule has 1 aliphatic carbocycles. The van der Waals surface area contributed by atoms with Crippen molar-refractivity contribution in [1.82, 2.24) is 4.90 Å². The lowest BCUT2D eigenvalue weighted by Gasteiger charge is -2.16. The number of amides is 2. The first-order valence-electron chi connectivity index (χ1n) is 4.78. The molecule has 0 unspecified atom stereocenters. The molecule has 1 aliphatic heterocycles. The lowest BCUT2D eigenvalue weighted by atomic mass is 10.1. The second-order valence-electron chi connectivity index (χ2n) is 3.49. The zero-order chi connectivity index (χ0) is 11.7. The number of likely N-dealkylation sites (tertiary alicyclic amines) is 1. The normalized spacial score (nSPS) is 20.4. The summed E-state index contributed by atoms with van der Waals surface area (Å²) in [5, 5.41) is 0. The first kappa shape index (κ1) is 10.8. The summed E-state index contributed by atoms with van der Waals surface area (Å²) in [5.41, 5.74) is 0.474. The SMILES string of the molecule is O=C1CCC(=O)N1C1=CCC(=S(=O)=O)C=C1. The Balaban J connectivity index is 2.27. The molecule has 0 saturated carbocycles. The molecule has 0 aromatic rings. The Morgan fingerprint density at radius 1 is 1.06 bits per heavy atom. The fourth-order valence-electron chi connectivity index (χ4n) is 1.67. The molecule has 2 aliphatic rings. The fourth-order valence-corrected chi connectivity index (χ4v) is 2.07. The predicted molar refractivity (Wildman–Crippen MR) is 56.9 cm³/mol. The van der Waals surface area contributed by atoms with Crippen LogP contribution in [0.1, 0.15) is 19.3 Å². The van der Waals surface area contributed by atoms with Crippen LogP contribution in [0, 0.1) is 0 Å². The van der Waals surface area contributed by atoms with Crippen LogP contribution in [0.15, 0.2) is 23.9 Å². The highest BCUT2D eigenvalue weighted by Gasteiger charge is 2.31. The van der Waals surface area contributed by atoms with Crippen molar-refractivity contribution in [2.24, 2.45) is 0 Å². The van der Waals surface area contributed by atoms with E-state index in [1.54, 1.807) is 6.08 Å². The highest BCUT2D eigenvalue weighted by molar-refractivity contribution is 7.73. The molecule has 16 heavy (non-hydrogen) atoms. The molecule has 0 aromatic carbocycles. The smallest absolute Gasteiger partial charge is 0.234 e. The van der Waals surface area contributed by atoms with Crippen LogP contribution in [-0.4, -0.2) is 30.0 Å². The Bertz CT molecular complexity index is 529. The van der Waals surface area contributed by atoms with Crippen molar-refractivity contribution in [2.75, 3.05) is 0 Å². The number of allylic oxidation sites excluding steroid dienone is 3. The summed E-state index contributed by atoms with van der Waals surface area (Å²) in [6.07, 6.45) is 5.15. The third kappa shape index (κ3) is 1.83. The lowest BCUT2D eigenvalue weighted by molar-refractivity contribution is -0.135. The number of rotatable bonds is 1. The minimum atomic E-state index is -2.24. The number of imide groups is 1. The van der Waals surface area contributed by atoms with E-state index in [-0.39, 0.29) is 35.9 Å². The van der Waals surface area contributed by atoms with Crippen LogP contribution in [0.5, 0.6) is 0 Å². The third-order valence-corrected chi connectivity index (χ3v) is 3.21. The van der Waals surface area contributed by atoms with Gasteiger partial charge in [-0.25, -0.2) is 0 Å². The topological polar surface area (TPSA) is 71.5 Å². The first-order valence-corrected chi connectivity index (χ1v) is 5.86. The molecule has 0 bridgehead atoms. The minimum Gasteiger partial charge on any atom is -0.274 e. The fraction of sp³-hybridized carbons (Fsp3) is 0.300. The van der Waals surface area contributed by atoms with Crippen molar-refractivity contribution in [3.8, 4) is 0 Å². The monoisotopic (exact) mass is 239 g/mol. The van der Waals surface area contributed by atoms with Crippen molar-refractivity contribution in [2.45, 2.75) is 19.3 Å². The molecular formula is C10H9NO4S. The van der Waals surface area contributed by atoms with Crippen LogP contribution < -0.4 is 0 Å². The van der Waals surface area contributed by atoms with Crippen molar-refractivity contribution in [1.29, 1.82) is 0 Å². The van der Waals surface area contributed by atoms with Crippen molar-refractivity contribution in [3.63, 3.8) is 0 Å². The van der Waals surface area contributed by atoms with E-state index in [9.17, 15) is 18.0 Å². The summed E-state index contributed by atoms with van der Waals surface area (Å²) >= 11 is 0. The Morgan fingerprint density at radius 2 is 1.69 bits per heavy atom. The summed E-state index contributed by atoms with van der Waals surface area (Å²) in [5.74, 6) is -0.458.